The second-order valence-corrected chi connectivity index (χ2v) is 7.39. The smallest absolute Gasteiger partial charge is 0.231 e. The van der Waals surface area contributed by atoms with Crippen molar-refractivity contribution in [3.63, 3.8) is 0 Å². The molecule has 1 saturated carbocycles. The van der Waals surface area contributed by atoms with Crippen LogP contribution in [0.4, 0.5) is 0 Å². The third-order valence-electron chi connectivity index (χ3n) is 5.76. The van der Waals surface area contributed by atoms with E-state index in [1.54, 1.807) is 18.5 Å². The molecule has 2 aliphatic rings. The molecular formula is C22H23N3O2. The topological polar surface area (TPSA) is 72.0 Å². The number of rotatable bonds is 4. The van der Waals surface area contributed by atoms with Crippen molar-refractivity contribution < 1.29 is 9.59 Å². The van der Waals surface area contributed by atoms with Gasteiger partial charge in [0.1, 0.15) is 12.2 Å². The summed E-state index contributed by atoms with van der Waals surface area (Å²) < 4.78 is 0. The summed E-state index contributed by atoms with van der Waals surface area (Å²) >= 11 is 0. The number of allylic oxidation sites excluding steroid dienone is 1. The minimum atomic E-state index is -0.687. The summed E-state index contributed by atoms with van der Waals surface area (Å²) in [6.45, 7) is 0. The van der Waals surface area contributed by atoms with E-state index in [1.165, 1.54) is 12.4 Å². The zero-order chi connectivity index (χ0) is 18.6. The molecule has 27 heavy (non-hydrogen) atoms. The first-order valence-corrected chi connectivity index (χ1v) is 9.56. The maximum Gasteiger partial charge on any atom is 0.231 e. The second-order valence-electron chi connectivity index (χ2n) is 7.39. The summed E-state index contributed by atoms with van der Waals surface area (Å²) in [4.78, 5) is 33.9. The Kier molecular flexibility index (Phi) is 5.10. The number of ketones is 1. The van der Waals surface area contributed by atoms with E-state index in [-0.39, 0.29) is 23.7 Å². The monoisotopic (exact) mass is 361 g/mol. The van der Waals surface area contributed by atoms with Crippen LogP contribution in [0.5, 0.6) is 0 Å². The summed E-state index contributed by atoms with van der Waals surface area (Å²) in [6.07, 6.45) is 12.2. The average Bonchev–Trinajstić information content (AvgIpc) is 2.72. The van der Waals surface area contributed by atoms with Gasteiger partial charge in [-0.2, -0.15) is 0 Å². The molecule has 1 amide bonds. The number of amides is 1. The summed E-state index contributed by atoms with van der Waals surface area (Å²) in [6, 6.07) is 10.2. The molecule has 1 aliphatic carbocycles. The lowest BCUT2D eigenvalue weighted by molar-refractivity contribution is -0.137. The zero-order valence-electron chi connectivity index (χ0n) is 15.1. The van der Waals surface area contributed by atoms with Crippen LogP contribution in [0.2, 0.25) is 0 Å². The third-order valence-corrected chi connectivity index (χ3v) is 5.76. The molecule has 0 bridgehead atoms. The summed E-state index contributed by atoms with van der Waals surface area (Å²) in [5, 5.41) is 3.13. The van der Waals surface area contributed by atoms with Gasteiger partial charge in [-0.05, 0) is 36.5 Å². The van der Waals surface area contributed by atoms with Crippen LogP contribution < -0.4 is 5.32 Å². The number of nitrogens with zero attached hydrogens (tertiary/aromatic N) is 2. The number of carbonyl (C=O) groups excluding carboxylic acids is 2. The van der Waals surface area contributed by atoms with E-state index >= 15 is 0 Å². The Bertz CT molecular complexity index is 835. The van der Waals surface area contributed by atoms with Crippen LogP contribution in [-0.4, -0.2) is 27.7 Å². The van der Waals surface area contributed by atoms with E-state index in [2.05, 4.69) is 15.3 Å². The first-order valence-electron chi connectivity index (χ1n) is 9.56. The van der Waals surface area contributed by atoms with Crippen LogP contribution in [0.25, 0.3) is 6.08 Å². The number of hydrogen-bond acceptors (Lipinski definition) is 4. The van der Waals surface area contributed by atoms with Crippen molar-refractivity contribution in [2.75, 3.05) is 0 Å². The Morgan fingerprint density at radius 1 is 1.07 bits per heavy atom. The van der Waals surface area contributed by atoms with Gasteiger partial charge in [-0.25, -0.2) is 9.97 Å². The number of piperidine rings is 1. The number of carbonyl (C=O) groups is 2. The van der Waals surface area contributed by atoms with Gasteiger partial charge in [-0.15, -0.1) is 0 Å². The van der Waals surface area contributed by atoms with E-state index in [4.69, 9.17) is 0 Å². The van der Waals surface area contributed by atoms with Gasteiger partial charge in [0.15, 0.2) is 5.78 Å². The van der Waals surface area contributed by atoms with Crippen molar-refractivity contribution in [3.8, 4) is 0 Å². The van der Waals surface area contributed by atoms with E-state index in [0.29, 0.717) is 5.92 Å². The fraction of sp³-hybridized carbons (Fsp3) is 0.364. The fourth-order valence-electron chi connectivity index (χ4n) is 4.55. The number of fused-ring (bicyclic) bond motifs is 1. The molecule has 1 aromatic carbocycles. The highest BCUT2D eigenvalue weighted by molar-refractivity contribution is 6.09. The van der Waals surface area contributed by atoms with Crippen molar-refractivity contribution in [2.24, 2.45) is 11.8 Å². The minimum Gasteiger partial charge on any atom is -0.352 e. The largest absolute Gasteiger partial charge is 0.352 e. The molecule has 1 saturated heterocycles. The van der Waals surface area contributed by atoms with E-state index in [9.17, 15) is 9.59 Å². The number of nitrogens with one attached hydrogen (secondary N) is 1. The van der Waals surface area contributed by atoms with Gasteiger partial charge in [0.25, 0.3) is 0 Å². The van der Waals surface area contributed by atoms with Crippen LogP contribution in [0.3, 0.4) is 0 Å². The molecule has 138 valence electrons. The van der Waals surface area contributed by atoms with Crippen molar-refractivity contribution in [2.45, 2.75) is 37.6 Å². The molecule has 0 radical (unpaired) electrons. The van der Waals surface area contributed by atoms with Crippen LogP contribution in [-0.2, 0) is 9.59 Å². The lowest BCUT2D eigenvalue weighted by atomic mass is 9.64. The van der Waals surface area contributed by atoms with Crippen LogP contribution in [0, 0.1) is 11.8 Å². The molecule has 1 aliphatic heterocycles. The van der Waals surface area contributed by atoms with Crippen LogP contribution in [0.1, 0.15) is 42.7 Å². The van der Waals surface area contributed by atoms with Gasteiger partial charge in [0.05, 0.1) is 0 Å². The summed E-state index contributed by atoms with van der Waals surface area (Å²) in [7, 11) is 0. The first kappa shape index (κ1) is 17.6. The van der Waals surface area contributed by atoms with Crippen molar-refractivity contribution >= 4 is 17.8 Å². The average molecular weight is 361 g/mol. The van der Waals surface area contributed by atoms with Gasteiger partial charge in [-0.3, -0.25) is 9.59 Å². The van der Waals surface area contributed by atoms with Crippen molar-refractivity contribution in [1.29, 1.82) is 0 Å². The van der Waals surface area contributed by atoms with Gasteiger partial charge < -0.3 is 5.32 Å². The fourth-order valence-corrected chi connectivity index (χ4v) is 4.55. The number of hydrogen-bond donors (Lipinski definition) is 1. The Morgan fingerprint density at radius 2 is 1.81 bits per heavy atom. The van der Waals surface area contributed by atoms with Crippen molar-refractivity contribution in [1.82, 2.24) is 15.3 Å². The molecule has 5 nitrogen and oxygen atoms in total. The van der Waals surface area contributed by atoms with E-state index in [0.717, 1.165) is 36.8 Å². The van der Waals surface area contributed by atoms with E-state index < -0.39 is 5.92 Å². The third kappa shape index (κ3) is 3.68. The lowest BCUT2D eigenvalue weighted by Gasteiger charge is -2.45. The highest BCUT2D eigenvalue weighted by atomic mass is 16.2. The lowest BCUT2D eigenvalue weighted by Crippen LogP contribution is -2.56. The Labute approximate surface area is 158 Å². The second kappa shape index (κ2) is 7.82. The molecule has 0 spiro atoms. The predicted octanol–water partition coefficient (Wildman–Crippen LogP) is 3.15. The van der Waals surface area contributed by atoms with Crippen LogP contribution >= 0.6 is 0 Å². The molecule has 2 heterocycles. The highest BCUT2D eigenvalue weighted by Crippen LogP contribution is 2.44. The molecule has 5 heteroatoms. The van der Waals surface area contributed by atoms with Crippen LogP contribution in [0.15, 0.2) is 55.1 Å². The maximum atomic E-state index is 13.1. The predicted molar refractivity (Wildman–Crippen MR) is 103 cm³/mol. The zero-order valence-corrected chi connectivity index (χ0v) is 15.1. The molecule has 2 aromatic rings. The van der Waals surface area contributed by atoms with E-state index in [1.807, 2.05) is 30.3 Å². The molecular weight excluding hydrogens is 338 g/mol. The van der Waals surface area contributed by atoms with Gasteiger partial charge in [0, 0.05) is 29.9 Å². The first-order chi connectivity index (χ1) is 13.2. The Morgan fingerprint density at radius 3 is 2.59 bits per heavy atom. The Balaban J connectivity index is 1.66. The highest BCUT2D eigenvalue weighted by Gasteiger charge is 2.47. The molecule has 4 atom stereocenters. The molecule has 2 fully saturated rings. The molecule has 1 aromatic heterocycles. The molecule has 4 unspecified atom stereocenters. The Hall–Kier alpha value is -2.82. The van der Waals surface area contributed by atoms with Crippen molar-refractivity contribution in [3.05, 3.63) is 66.3 Å². The SMILES string of the molecule is O=C(/C=C/c1cncnc1)C1C(=O)NC2CCCCC2C1c1ccccc1. The molecule has 4 rings (SSSR count). The van der Waals surface area contributed by atoms with Gasteiger partial charge in [-0.1, -0.05) is 43.2 Å². The quantitative estimate of drug-likeness (QED) is 0.671. The van der Waals surface area contributed by atoms with Gasteiger partial charge in [0.2, 0.25) is 5.91 Å². The standard InChI is InChI=1S/C22H23N3O2/c26-19(11-10-15-12-23-14-24-13-15)21-20(16-6-2-1-3-7-16)17-8-4-5-9-18(17)25-22(21)27/h1-3,6-7,10-14,17-18,20-21H,4-5,8-9H2,(H,25,27)/b11-10+. The van der Waals surface area contributed by atoms with Gasteiger partial charge >= 0.3 is 0 Å². The number of benzene rings is 1. The maximum absolute atomic E-state index is 13.1. The normalized spacial score (nSPS) is 27.8. The molecule has 1 N–H and O–H groups in total. The summed E-state index contributed by atoms with van der Waals surface area (Å²) in [5.74, 6) is -0.761. The number of aromatic nitrogens is 2. The summed E-state index contributed by atoms with van der Waals surface area (Å²) in [5.41, 5.74) is 1.83. The minimum absolute atomic E-state index is 0.0746.